The first-order valence-corrected chi connectivity index (χ1v) is 11.3. The SMILES string of the molecule is CN=C(NCCN1CCN(C(=O)OC(C)(C)C)CC1)NCC1CC(=O)Nc2ccccc21.I. The van der Waals surface area contributed by atoms with E-state index in [-0.39, 0.29) is 41.9 Å². The van der Waals surface area contributed by atoms with Crippen LogP contribution in [0, 0.1) is 0 Å². The van der Waals surface area contributed by atoms with E-state index in [1.165, 1.54) is 0 Å². The molecule has 0 bridgehead atoms. The summed E-state index contributed by atoms with van der Waals surface area (Å²) in [6, 6.07) is 7.94. The third kappa shape index (κ3) is 8.33. The highest BCUT2D eigenvalue weighted by molar-refractivity contribution is 14.0. The molecule has 2 heterocycles. The molecular weight excluding hydrogens is 535 g/mol. The van der Waals surface area contributed by atoms with Crippen LogP contribution in [0.3, 0.4) is 0 Å². The third-order valence-electron chi connectivity index (χ3n) is 5.59. The van der Waals surface area contributed by atoms with Crippen LogP contribution >= 0.6 is 24.0 Å². The number of aliphatic imine (C=N–C) groups is 1. The van der Waals surface area contributed by atoms with E-state index in [9.17, 15) is 9.59 Å². The van der Waals surface area contributed by atoms with E-state index < -0.39 is 5.60 Å². The molecule has 1 saturated heterocycles. The Balaban J connectivity index is 0.00000385. The van der Waals surface area contributed by atoms with Gasteiger partial charge in [0.05, 0.1) is 0 Å². The van der Waals surface area contributed by atoms with Crippen molar-refractivity contribution in [2.24, 2.45) is 4.99 Å². The van der Waals surface area contributed by atoms with Gasteiger partial charge in [0.25, 0.3) is 0 Å². The summed E-state index contributed by atoms with van der Waals surface area (Å²) in [5.74, 6) is 0.879. The molecular formula is C23H37IN6O3. The van der Waals surface area contributed by atoms with Crippen LogP contribution in [-0.2, 0) is 9.53 Å². The maximum atomic E-state index is 12.2. The minimum atomic E-state index is -0.468. The fourth-order valence-corrected chi connectivity index (χ4v) is 3.94. The highest BCUT2D eigenvalue weighted by atomic mass is 127. The van der Waals surface area contributed by atoms with Gasteiger partial charge >= 0.3 is 6.09 Å². The van der Waals surface area contributed by atoms with Gasteiger partial charge in [-0.25, -0.2) is 4.79 Å². The predicted octanol–water partition coefficient (Wildman–Crippen LogP) is 2.45. The Hall–Kier alpha value is -2.08. The van der Waals surface area contributed by atoms with Crippen LogP contribution in [0.15, 0.2) is 29.3 Å². The number of piperazine rings is 1. The standard InChI is InChI=1S/C23H36N6O3.HI/c1-23(2,3)32-22(31)29-13-11-28(12-14-29)10-9-25-21(24-4)26-16-17-15-20(30)27-19-8-6-5-7-18(17)19;/h5-8,17H,9-16H2,1-4H3,(H,27,30)(H2,24,25,26);1H. The molecule has 0 radical (unpaired) electrons. The van der Waals surface area contributed by atoms with Crippen molar-refractivity contribution in [3.05, 3.63) is 29.8 Å². The number of carbonyl (C=O) groups is 2. The number of fused-ring (bicyclic) bond motifs is 1. The topological polar surface area (TPSA) is 98.3 Å². The highest BCUT2D eigenvalue weighted by Gasteiger charge is 2.26. The Bertz CT molecular complexity index is 834. The normalized spacial score (nSPS) is 19.2. The second kappa shape index (κ2) is 12.4. The summed E-state index contributed by atoms with van der Waals surface area (Å²) in [6.45, 7) is 10.9. The van der Waals surface area contributed by atoms with Crippen molar-refractivity contribution in [3.8, 4) is 0 Å². The summed E-state index contributed by atoms with van der Waals surface area (Å²) in [6.07, 6.45) is 0.223. The number of anilines is 1. The number of benzene rings is 1. The fraction of sp³-hybridized carbons (Fsp3) is 0.609. The molecule has 0 spiro atoms. The van der Waals surface area contributed by atoms with E-state index in [0.717, 1.165) is 43.4 Å². The van der Waals surface area contributed by atoms with Crippen LogP contribution in [0.4, 0.5) is 10.5 Å². The van der Waals surface area contributed by atoms with Crippen molar-refractivity contribution < 1.29 is 14.3 Å². The first-order valence-electron chi connectivity index (χ1n) is 11.3. The maximum absolute atomic E-state index is 12.2. The Kier molecular flexibility index (Phi) is 10.2. The van der Waals surface area contributed by atoms with Crippen LogP contribution < -0.4 is 16.0 Å². The fourth-order valence-electron chi connectivity index (χ4n) is 3.94. The molecule has 0 aliphatic carbocycles. The number of carbonyl (C=O) groups excluding carboxylic acids is 2. The quantitative estimate of drug-likeness (QED) is 0.285. The zero-order chi connectivity index (χ0) is 23.1. The molecule has 0 saturated carbocycles. The van der Waals surface area contributed by atoms with E-state index in [4.69, 9.17) is 4.74 Å². The lowest BCUT2D eigenvalue weighted by molar-refractivity contribution is -0.116. The number of ether oxygens (including phenoxy) is 1. The number of nitrogens with zero attached hydrogens (tertiary/aromatic N) is 3. The number of guanidine groups is 1. The lowest BCUT2D eigenvalue weighted by atomic mass is 9.90. The van der Waals surface area contributed by atoms with Gasteiger partial charge in [-0.2, -0.15) is 0 Å². The monoisotopic (exact) mass is 572 g/mol. The molecule has 2 amide bonds. The Morgan fingerprint density at radius 3 is 2.55 bits per heavy atom. The number of hydrogen-bond acceptors (Lipinski definition) is 5. The second-order valence-electron chi connectivity index (χ2n) is 9.23. The molecule has 9 nitrogen and oxygen atoms in total. The van der Waals surface area contributed by atoms with Crippen molar-refractivity contribution >= 4 is 47.6 Å². The van der Waals surface area contributed by atoms with Gasteiger partial charge in [0, 0.05) is 70.9 Å². The summed E-state index contributed by atoms with van der Waals surface area (Å²) in [5, 5.41) is 9.63. The average Bonchev–Trinajstić information content (AvgIpc) is 2.75. The van der Waals surface area contributed by atoms with Crippen LogP contribution in [0.1, 0.15) is 38.7 Å². The van der Waals surface area contributed by atoms with E-state index in [0.29, 0.717) is 26.1 Å². The molecule has 184 valence electrons. The molecule has 2 aliphatic heterocycles. The Morgan fingerprint density at radius 1 is 1.18 bits per heavy atom. The molecule has 0 aromatic heterocycles. The van der Waals surface area contributed by atoms with Crippen LogP contribution in [0.5, 0.6) is 0 Å². The lowest BCUT2D eigenvalue weighted by Gasteiger charge is -2.35. The Labute approximate surface area is 213 Å². The molecule has 1 aromatic carbocycles. The van der Waals surface area contributed by atoms with Crippen molar-refractivity contribution in [1.29, 1.82) is 0 Å². The van der Waals surface area contributed by atoms with Crippen LogP contribution in [0.2, 0.25) is 0 Å². The molecule has 10 heteroatoms. The summed E-state index contributed by atoms with van der Waals surface area (Å²) in [4.78, 5) is 32.6. The van der Waals surface area contributed by atoms with Gasteiger partial charge in [-0.05, 0) is 32.4 Å². The van der Waals surface area contributed by atoms with Gasteiger partial charge in [0.1, 0.15) is 5.60 Å². The van der Waals surface area contributed by atoms with Crippen molar-refractivity contribution in [3.63, 3.8) is 0 Å². The highest BCUT2D eigenvalue weighted by Crippen LogP contribution is 2.31. The molecule has 1 aromatic rings. The minimum Gasteiger partial charge on any atom is -0.444 e. The van der Waals surface area contributed by atoms with Gasteiger partial charge in [0.15, 0.2) is 5.96 Å². The van der Waals surface area contributed by atoms with E-state index in [1.807, 2.05) is 39.0 Å². The molecule has 33 heavy (non-hydrogen) atoms. The average molecular weight is 572 g/mol. The zero-order valence-corrected chi connectivity index (χ0v) is 22.3. The van der Waals surface area contributed by atoms with Crippen molar-refractivity contribution in [2.75, 3.05) is 58.2 Å². The maximum Gasteiger partial charge on any atom is 0.410 e. The number of halogens is 1. The third-order valence-corrected chi connectivity index (χ3v) is 5.59. The molecule has 3 N–H and O–H groups in total. The first-order chi connectivity index (χ1) is 15.2. The summed E-state index contributed by atoms with van der Waals surface area (Å²) >= 11 is 0. The minimum absolute atomic E-state index is 0. The van der Waals surface area contributed by atoms with Gasteiger partial charge in [-0.15, -0.1) is 24.0 Å². The van der Waals surface area contributed by atoms with Gasteiger partial charge in [-0.1, -0.05) is 18.2 Å². The van der Waals surface area contributed by atoms with E-state index in [2.05, 4.69) is 31.9 Å². The number of nitrogens with one attached hydrogen (secondary N) is 3. The number of hydrogen-bond donors (Lipinski definition) is 3. The van der Waals surface area contributed by atoms with Crippen molar-refractivity contribution in [2.45, 2.75) is 38.7 Å². The van der Waals surface area contributed by atoms with Gasteiger partial charge in [-0.3, -0.25) is 14.7 Å². The van der Waals surface area contributed by atoms with Crippen LogP contribution in [-0.4, -0.2) is 86.2 Å². The molecule has 2 aliphatic rings. The molecule has 1 unspecified atom stereocenters. The first kappa shape index (κ1) is 27.2. The smallest absolute Gasteiger partial charge is 0.410 e. The second-order valence-corrected chi connectivity index (χ2v) is 9.23. The number of para-hydroxylation sites is 1. The van der Waals surface area contributed by atoms with E-state index in [1.54, 1.807) is 11.9 Å². The molecule has 1 fully saturated rings. The number of rotatable bonds is 5. The largest absolute Gasteiger partial charge is 0.444 e. The predicted molar refractivity (Wildman–Crippen MR) is 141 cm³/mol. The molecule has 3 rings (SSSR count). The molecule has 1 atom stereocenters. The van der Waals surface area contributed by atoms with Crippen LogP contribution in [0.25, 0.3) is 0 Å². The lowest BCUT2D eigenvalue weighted by Crippen LogP contribution is -2.51. The Morgan fingerprint density at radius 2 is 1.88 bits per heavy atom. The van der Waals surface area contributed by atoms with Gasteiger partial charge < -0.3 is 25.6 Å². The summed E-state index contributed by atoms with van der Waals surface area (Å²) in [5.41, 5.74) is 1.58. The number of amides is 2. The summed E-state index contributed by atoms with van der Waals surface area (Å²) in [7, 11) is 1.75. The van der Waals surface area contributed by atoms with Crippen molar-refractivity contribution in [1.82, 2.24) is 20.4 Å². The zero-order valence-electron chi connectivity index (χ0n) is 20.0. The summed E-state index contributed by atoms with van der Waals surface area (Å²) < 4.78 is 5.45. The van der Waals surface area contributed by atoms with Gasteiger partial charge in [0.2, 0.25) is 5.91 Å². The van der Waals surface area contributed by atoms with E-state index >= 15 is 0 Å².